The lowest BCUT2D eigenvalue weighted by Crippen LogP contribution is -1.70. The second-order valence-corrected chi connectivity index (χ2v) is 3.51. The van der Waals surface area contributed by atoms with E-state index in [1.807, 2.05) is 13.8 Å². The summed E-state index contributed by atoms with van der Waals surface area (Å²) in [6.07, 6.45) is 8.76. The second-order valence-electron chi connectivity index (χ2n) is 3.51. The molecule has 0 spiro atoms. The van der Waals surface area contributed by atoms with Crippen LogP contribution in [0.15, 0.2) is 0 Å². The van der Waals surface area contributed by atoms with E-state index in [1.54, 1.807) is 0 Å². The highest BCUT2D eigenvalue weighted by Crippen LogP contribution is 2.00. The molecule has 0 aromatic rings. The normalized spacial score (nSPS) is 8.40. The van der Waals surface area contributed by atoms with Gasteiger partial charge in [0.2, 0.25) is 0 Å². The lowest BCUT2D eigenvalue weighted by atomic mass is 10.2. The van der Waals surface area contributed by atoms with Gasteiger partial charge in [-0.3, -0.25) is 0 Å². The van der Waals surface area contributed by atoms with E-state index < -0.39 is 0 Å². The predicted octanol–water partition coefficient (Wildman–Crippen LogP) is 3.75. The van der Waals surface area contributed by atoms with Crippen molar-refractivity contribution in [1.29, 1.82) is 0 Å². The van der Waals surface area contributed by atoms with Gasteiger partial charge in [0.25, 0.3) is 0 Å². The summed E-state index contributed by atoms with van der Waals surface area (Å²) in [5.41, 5.74) is 0. The van der Waals surface area contributed by atoms with Crippen molar-refractivity contribution in [2.24, 2.45) is 0 Å². The van der Waals surface area contributed by atoms with Crippen molar-refractivity contribution in [1.82, 2.24) is 0 Å². The number of aliphatic hydroxyl groups excluding tert-OH is 2. The third-order valence-corrected chi connectivity index (χ3v) is 1.65. The van der Waals surface area contributed by atoms with Crippen LogP contribution in [0.2, 0.25) is 0 Å². The van der Waals surface area contributed by atoms with Gasteiger partial charge in [-0.15, -0.1) is 0 Å². The molecule has 0 bridgehead atoms. The summed E-state index contributed by atoms with van der Waals surface area (Å²) in [6, 6.07) is 0. The number of aliphatic hydroxyl groups is 2. The molecule has 2 heteroatoms. The minimum absolute atomic E-state index is 0.319. The Morgan fingerprint density at radius 2 is 0.800 bits per heavy atom. The monoisotopic (exact) mass is 220 g/mol. The molecule has 0 radical (unpaired) electrons. The molecule has 2 N–H and O–H groups in total. The van der Waals surface area contributed by atoms with Crippen molar-refractivity contribution in [3.05, 3.63) is 0 Å². The van der Waals surface area contributed by atoms with Crippen LogP contribution in [0, 0.1) is 0 Å². The van der Waals surface area contributed by atoms with Crippen LogP contribution < -0.4 is 0 Å². The zero-order valence-electron chi connectivity index (χ0n) is 11.3. The fourth-order valence-corrected chi connectivity index (χ4v) is 0.677. The zero-order valence-corrected chi connectivity index (χ0v) is 11.3. The Balaban J connectivity index is -0.000000155. The van der Waals surface area contributed by atoms with E-state index in [2.05, 4.69) is 13.8 Å². The van der Waals surface area contributed by atoms with E-state index >= 15 is 0 Å². The number of hydrogen-bond acceptors (Lipinski definition) is 2. The van der Waals surface area contributed by atoms with Gasteiger partial charge in [-0.2, -0.15) is 0 Å². The molecule has 0 unspecified atom stereocenters. The molecule has 96 valence electrons. The minimum Gasteiger partial charge on any atom is -0.396 e. The molecule has 0 saturated carbocycles. The van der Waals surface area contributed by atoms with Gasteiger partial charge in [-0.05, 0) is 12.8 Å². The molecule has 2 nitrogen and oxygen atoms in total. The van der Waals surface area contributed by atoms with E-state index in [-0.39, 0.29) is 0 Å². The molecule has 0 rings (SSSR count). The smallest absolute Gasteiger partial charge is 0.0428 e. The Kier molecular flexibility index (Phi) is 39.6. The molecular formula is C13H32O2. The lowest BCUT2D eigenvalue weighted by molar-refractivity contribution is 0.294. The van der Waals surface area contributed by atoms with Crippen LogP contribution in [0.25, 0.3) is 0 Å². The van der Waals surface area contributed by atoms with E-state index in [1.165, 1.54) is 32.1 Å². The van der Waals surface area contributed by atoms with E-state index in [0.717, 1.165) is 12.8 Å². The number of unbranched alkanes of at least 4 members (excludes halogenated alkanes) is 4. The summed E-state index contributed by atoms with van der Waals surface area (Å²) >= 11 is 0. The first-order chi connectivity index (χ1) is 7.24. The minimum atomic E-state index is 0.319. The van der Waals surface area contributed by atoms with E-state index in [0.29, 0.717) is 13.2 Å². The first-order valence-electron chi connectivity index (χ1n) is 6.46. The first kappa shape index (κ1) is 20.3. The standard InChI is InChI=1S/C7H16.2C3H8O/c1-3-5-7-6-4-2;2*1-2-3-4/h3-7H2,1-2H3;2*4H,2-3H2,1H3. The van der Waals surface area contributed by atoms with Gasteiger partial charge in [-0.25, -0.2) is 0 Å². The van der Waals surface area contributed by atoms with Crippen molar-refractivity contribution in [3.8, 4) is 0 Å². The Hall–Kier alpha value is -0.0800. The van der Waals surface area contributed by atoms with Crippen LogP contribution >= 0.6 is 0 Å². The Morgan fingerprint density at radius 3 is 0.933 bits per heavy atom. The van der Waals surface area contributed by atoms with Gasteiger partial charge in [0.05, 0.1) is 0 Å². The fraction of sp³-hybridized carbons (Fsp3) is 1.00. The van der Waals surface area contributed by atoms with Crippen molar-refractivity contribution < 1.29 is 10.2 Å². The van der Waals surface area contributed by atoms with Gasteiger partial charge < -0.3 is 10.2 Å². The second kappa shape index (κ2) is 29.2. The highest BCUT2D eigenvalue weighted by atomic mass is 16.3. The van der Waals surface area contributed by atoms with Crippen molar-refractivity contribution in [2.75, 3.05) is 13.2 Å². The summed E-state index contributed by atoms with van der Waals surface area (Å²) < 4.78 is 0. The van der Waals surface area contributed by atoms with Crippen molar-refractivity contribution in [2.45, 2.75) is 72.6 Å². The van der Waals surface area contributed by atoms with Crippen LogP contribution in [-0.4, -0.2) is 23.4 Å². The lowest BCUT2D eigenvalue weighted by Gasteiger charge is -1.90. The molecule has 15 heavy (non-hydrogen) atoms. The van der Waals surface area contributed by atoms with Crippen molar-refractivity contribution in [3.63, 3.8) is 0 Å². The first-order valence-corrected chi connectivity index (χ1v) is 6.46. The summed E-state index contributed by atoms with van der Waals surface area (Å²) in [6.45, 7) is 8.99. The Bertz CT molecular complexity index is 53.6. The molecule has 0 fully saturated rings. The van der Waals surface area contributed by atoms with Gasteiger partial charge in [-0.1, -0.05) is 59.8 Å². The molecule has 0 aliphatic heterocycles. The maximum Gasteiger partial charge on any atom is 0.0428 e. The van der Waals surface area contributed by atoms with Crippen LogP contribution in [0.3, 0.4) is 0 Å². The molecule has 0 aromatic carbocycles. The van der Waals surface area contributed by atoms with Crippen molar-refractivity contribution >= 4 is 0 Å². The van der Waals surface area contributed by atoms with Gasteiger partial charge in [0.1, 0.15) is 0 Å². The summed E-state index contributed by atoms with van der Waals surface area (Å²) in [5, 5.41) is 15.8. The molecule has 0 aliphatic carbocycles. The van der Waals surface area contributed by atoms with Gasteiger partial charge in [0.15, 0.2) is 0 Å². The van der Waals surface area contributed by atoms with Crippen LogP contribution in [-0.2, 0) is 0 Å². The highest BCUT2D eigenvalue weighted by Gasteiger charge is 1.80. The Labute approximate surface area is 96.7 Å². The van der Waals surface area contributed by atoms with Gasteiger partial charge in [0, 0.05) is 13.2 Å². The van der Waals surface area contributed by atoms with E-state index in [9.17, 15) is 0 Å². The number of rotatable bonds is 6. The molecule has 0 atom stereocenters. The maximum atomic E-state index is 7.88. The summed E-state index contributed by atoms with van der Waals surface area (Å²) in [5.74, 6) is 0. The quantitative estimate of drug-likeness (QED) is 0.669. The zero-order chi connectivity index (χ0) is 12.4. The molecule has 0 amide bonds. The number of hydrogen-bond donors (Lipinski definition) is 2. The molecule has 0 heterocycles. The predicted molar refractivity (Wildman–Crippen MR) is 69.2 cm³/mol. The molecule has 0 aromatic heterocycles. The van der Waals surface area contributed by atoms with Crippen LogP contribution in [0.5, 0.6) is 0 Å². The molecular weight excluding hydrogens is 188 g/mol. The van der Waals surface area contributed by atoms with Crippen LogP contribution in [0.1, 0.15) is 72.6 Å². The Morgan fingerprint density at radius 1 is 0.533 bits per heavy atom. The topological polar surface area (TPSA) is 40.5 Å². The average molecular weight is 220 g/mol. The SMILES string of the molecule is CCCCCCC.CCCO.CCCO. The maximum absolute atomic E-state index is 7.88. The van der Waals surface area contributed by atoms with E-state index in [4.69, 9.17) is 10.2 Å². The fourth-order valence-electron chi connectivity index (χ4n) is 0.677. The average Bonchev–Trinajstić information content (AvgIpc) is 2.30. The van der Waals surface area contributed by atoms with Crippen LogP contribution in [0.4, 0.5) is 0 Å². The molecule has 0 aliphatic rings. The third-order valence-electron chi connectivity index (χ3n) is 1.65. The summed E-state index contributed by atoms with van der Waals surface area (Å²) in [7, 11) is 0. The largest absolute Gasteiger partial charge is 0.396 e. The summed E-state index contributed by atoms with van der Waals surface area (Å²) in [4.78, 5) is 0. The highest BCUT2D eigenvalue weighted by molar-refractivity contribution is 4.35. The van der Waals surface area contributed by atoms with Gasteiger partial charge >= 0.3 is 0 Å². The third kappa shape index (κ3) is 56.4. The molecule has 0 saturated heterocycles.